The number of nitrogens with one attached hydrogen (secondary N) is 1. The fourth-order valence-electron chi connectivity index (χ4n) is 2.24. The van der Waals surface area contributed by atoms with Crippen molar-refractivity contribution in [3.8, 4) is 17.0 Å². The molecule has 1 N–H and O–H groups in total. The third kappa shape index (κ3) is 3.92. The van der Waals surface area contributed by atoms with Gasteiger partial charge in [0.1, 0.15) is 18.1 Å². The van der Waals surface area contributed by atoms with E-state index in [4.69, 9.17) is 9.26 Å². The van der Waals surface area contributed by atoms with Gasteiger partial charge in [0, 0.05) is 17.7 Å². The zero-order valence-corrected chi connectivity index (χ0v) is 13.7. The minimum atomic E-state index is -0.425. The molecular formula is C17H16N4O4. The number of methoxy groups -OCH3 is 1. The topological polar surface area (TPSA) is 99.2 Å². The van der Waals surface area contributed by atoms with Crippen LogP contribution >= 0.6 is 0 Å². The number of carbonyl (C=O) groups is 1. The summed E-state index contributed by atoms with van der Waals surface area (Å²) in [6, 6.07) is 11.8. The van der Waals surface area contributed by atoms with Crippen molar-refractivity contribution in [1.82, 2.24) is 14.9 Å². The van der Waals surface area contributed by atoms with Gasteiger partial charge in [-0.05, 0) is 25.1 Å². The highest BCUT2D eigenvalue weighted by atomic mass is 16.5. The van der Waals surface area contributed by atoms with Gasteiger partial charge in [0.2, 0.25) is 5.91 Å². The van der Waals surface area contributed by atoms with Crippen LogP contribution in [0.2, 0.25) is 0 Å². The largest absolute Gasteiger partial charge is 0.497 e. The molecule has 128 valence electrons. The Bertz CT molecular complexity index is 961. The molecule has 0 spiro atoms. The van der Waals surface area contributed by atoms with Crippen molar-refractivity contribution in [2.75, 3.05) is 12.4 Å². The van der Waals surface area contributed by atoms with Gasteiger partial charge in [0.25, 0.3) is 5.56 Å². The summed E-state index contributed by atoms with van der Waals surface area (Å²) in [6.45, 7) is 1.48. The lowest BCUT2D eigenvalue weighted by Gasteiger charge is -2.08. The van der Waals surface area contributed by atoms with Gasteiger partial charge in [0.15, 0.2) is 5.82 Å². The van der Waals surface area contributed by atoms with E-state index in [1.165, 1.54) is 6.07 Å². The van der Waals surface area contributed by atoms with Crippen molar-refractivity contribution in [2.45, 2.75) is 13.5 Å². The van der Waals surface area contributed by atoms with Crippen LogP contribution < -0.4 is 15.6 Å². The van der Waals surface area contributed by atoms with Gasteiger partial charge >= 0.3 is 0 Å². The molecule has 2 aromatic heterocycles. The molecule has 0 aliphatic heterocycles. The normalized spacial score (nSPS) is 10.5. The van der Waals surface area contributed by atoms with E-state index in [1.54, 1.807) is 32.2 Å². The van der Waals surface area contributed by atoms with Crippen molar-refractivity contribution < 1.29 is 14.1 Å². The lowest BCUT2D eigenvalue weighted by Crippen LogP contribution is -2.29. The van der Waals surface area contributed by atoms with E-state index in [1.807, 2.05) is 18.2 Å². The molecule has 0 aliphatic rings. The first kappa shape index (κ1) is 16.4. The molecule has 0 bridgehead atoms. The third-order valence-corrected chi connectivity index (χ3v) is 3.42. The summed E-state index contributed by atoms with van der Waals surface area (Å²) in [6.07, 6.45) is 0. The summed E-state index contributed by atoms with van der Waals surface area (Å²) in [5.74, 6) is 1.12. The predicted molar refractivity (Wildman–Crippen MR) is 90.4 cm³/mol. The molecule has 0 radical (unpaired) electrons. The zero-order chi connectivity index (χ0) is 17.8. The van der Waals surface area contributed by atoms with Crippen LogP contribution in [0.5, 0.6) is 5.75 Å². The second-order valence-corrected chi connectivity index (χ2v) is 5.32. The van der Waals surface area contributed by atoms with Crippen molar-refractivity contribution in [2.24, 2.45) is 0 Å². The van der Waals surface area contributed by atoms with Gasteiger partial charge < -0.3 is 14.6 Å². The molecule has 0 aliphatic carbocycles. The van der Waals surface area contributed by atoms with E-state index >= 15 is 0 Å². The molecule has 2 heterocycles. The van der Waals surface area contributed by atoms with Crippen LogP contribution in [-0.4, -0.2) is 28.0 Å². The standard InChI is InChI=1S/C17H16N4O4/c1-11-8-15(20-25-11)18-16(22)10-21-17(23)7-6-14(19-21)12-4-3-5-13(9-12)24-2/h3-9H,10H2,1-2H3,(H,18,20,22). The molecule has 0 unspecified atom stereocenters. The minimum Gasteiger partial charge on any atom is -0.497 e. The number of benzene rings is 1. The van der Waals surface area contributed by atoms with Crippen molar-refractivity contribution in [3.63, 3.8) is 0 Å². The number of nitrogens with zero attached hydrogens (tertiary/aromatic N) is 3. The molecular weight excluding hydrogens is 324 g/mol. The molecule has 1 amide bonds. The first-order chi connectivity index (χ1) is 12.0. The Morgan fingerprint density at radius 3 is 2.84 bits per heavy atom. The first-order valence-corrected chi connectivity index (χ1v) is 7.51. The van der Waals surface area contributed by atoms with E-state index in [2.05, 4.69) is 15.6 Å². The SMILES string of the molecule is COc1cccc(-c2ccc(=O)n(CC(=O)Nc3cc(C)on3)n2)c1. The molecule has 8 heteroatoms. The number of aromatic nitrogens is 3. The molecule has 0 fully saturated rings. The van der Waals surface area contributed by atoms with Crippen LogP contribution in [0.25, 0.3) is 11.3 Å². The number of amides is 1. The number of rotatable bonds is 5. The molecule has 25 heavy (non-hydrogen) atoms. The van der Waals surface area contributed by atoms with Crippen LogP contribution in [-0.2, 0) is 11.3 Å². The molecule has 8 nitrogen and oxygen atoms in total. The van der Waals surface area contributed by atoms with Gasteiger partial charge in [-0.3, -0.25) is 9.59 Å². The van der Waals surface area contributed by atoms with Gasteiger partial charge in [-0.15, -0.1) is 0 Å². The van der Waals surface area contributed by atoms with Crippen molar-refractivity contribution in [1.29, 1.82) is 0 Å². The third-order valence-electron chi connectivity index (χ3n) is 3.42. The Hall–Kier alpha value is -3.42. The summed E-state index contributed by atoms with van der Waals surface area (Å²) in [4.78, 5) is 24.1. The maximum Gasteiger partial charge on any atom is 0.267 e. The average molecular weight is 340 g/mol. The second-order valence-electron chi connectivity index (χ2n) is 5.32. The van der Waals surface area contributed by atoms with Crippen LogP contribution in [0.15, 0.2) is 51.8 Å². The fraction of sp³-hybridized carbons (Fsp3) is 0.176. The number of anilines is 1. The Balaban J connectivity index is 1.81. The summed E-state index contributed by atoms with van der Waals surface area (Å²) in [7, 11) is 1.57. The average Bonchev–Trinajstić information content (AvgIpc) is 3.01. The van der Waals surface area contributed by atoms with Crippen molar-refractivity contribution >= 4 is 11.7 Å². The van der Waals surface area contributed by atoms with Gasteiger partial charge in [-0.2, -0.15) is 5.10 Å². The summed E-state index contributed by atoms with van der Waals surface area (Å²) in [5, 5.41) is 10.5. The molecule has 1 aromatic carbocycles. The molecule has 0 saturated heterocycles. The van der Waals surface area contributed by atoms with E-state index in [0.29, 0.717) is 23.0 Å². The number of ether oxygens (including phenoxy) is 1. The van der Waals surface area contributed by atoms with Crippen LogP contribution in [0.1, 0.15) is 5.76 Å². The predicted octanol–water partition coefficient (Wildman–Crippen LogP) is 1.85. The Morgan fingerprint density at radius 2 is 2.12 bits per heavy atom. The molecule has 3 aromatic rings. The first-order valence-electron chi connectivity index (χ1n) is 7.51. The second kappa shape index (κ2) is 7.00. The van der Waals surface area contributed by atoms with Crippen LogP contribution in [0.4, 0.5) is 5.82 Å². The molecule has 3 rings (SSSR count). The zero-order valence-electron chi connectivity index (χ0n) is 13.7. The number of aryl methyl sites for hydroxylation is 1. The van der Waals surface area contributed by atoms with Gasteiger partial charge in [0.05, 0.1) is 12.8 Å². The van der Waals surface area contributed by atoms with Crippen LogP contribution in [0.3, 0.4) is 0 Å². The number of carbonyl (C=O) groups excluding carboxylic acids is 1. The highest BCUT2D eigenvalue weighted by molar-refractivity contribution is 5.89. The quantitative estimate of drug-likeness (QED) is 0.761. The monoisotopic (exact) mass is 340 g/mol. The van der Waals surface area contributed by atoms with Gasteiger partial charge in [-0.25, -0.2) is 4.68 Å². The smallest absolute Gasteiger partial charge is 0.267 e. The van der Waals surface area contributed by atoms with Crippen molar-refractivity contribution in [3.05, 3.63) is 58.6 Å². The summed E-state index contributed by atoms with van der Waals surface area (Å²) >= 11 is 0. The Labute approximate surface area is 143 Å². The van der Waals surface area contributed by atoms with Gasteiger partial charge in [-0.1, -0.05) is 17.3 Å². The maximum absolute atomic E-state index is 12.1. The highest BCUT2D eigenvalue weighted by Crippen LogP contribution is 2.21. The summed E-state index contributed by atoms with van der Waals surface area (Å²) < 4.78 is 11.2. The van der Waals surface area contributed by atoms with E-state index in [0.717, 1.165) is 10.2 Å². The van der Waals surface area contributed by atoms with E-state index < -0.39 is 5.91 Å². The minimum absolute atomic E-state index is 0.234. The lowest BCUT2D eigenvalue weighted by atomic mass is 10.1. The fourth-order valence-corrected chi connectivity index (χ4v) is 2.24. The van der Waals surface area contributed by atoms with E-state index in [9.17, 15) is 9.59 Å². The molecule has 0 atom stereocenters. The lowest BCUT2D eigenvalue weighted by molar-refractivity contribution is -0.117. The number of hydrogen-bond donors (Lipinski definition) is 1. The number of hydrogen-bond acceptors (Lipinski definition) is 6. The van der Waals surface area contributed by atoms with Crippen LogP contribution in [0, 0.1) is 6.92 Å². The Kier molecular flexibility index (Phi) is 4.60. The highest BCUT2D eigenvalue weighted by Gasteiger charge is 2.10. The summed E-state index contributed by atoms with van der Waals surface area (Å²) in [5.41, 5.74) is 0.961. The molecule has 0 saturated carbocycles. The maximum atomic E-state index is 12.1. The van der Waals surface area contributed by atoms with E-state index in [-0.39, 0.29) is 12.1 Å². The Morgan fingerprint density at radius 1 is 1.28 bits per heavy atom.